The van der Waals surface area contributed by atoms with Crippen molar-refractivity contribution in [3.63, 3.8) is 0 Å². The Labute approximate surface area is 168 Å². The standard InChI is InChI=1S/C24H19FN2O2/c1-16-4-3-5-18(14-16)23-26-22(15-17-6-8-19(25)9-7-17)24(28)27(23)20-10-12-21(29-2)13-11-20/h3-15H,1-2H3/b22-15+. The molecule has 0 radical (unpaired) electrons. The molecule has 0 aliphatic carbocycles. The van der Waals surface area contributed by atoms with E-state index < -0.39 is 0 Å². The lowest BCUT2D eigenvalue weighted by Gasteiger charge is -2.19. The maximum Gasteiger partial charge on any atom is 0.282 e. The van der Waals surface area contributed by atoms with Crippen LogP contribution in [0.5, 0.6) is 5.75 Å². The highest BCUT2D eigenvalue weighted by Crippen LogP contribution is 2.29. The maximum absolute atomic E-state index is 13.2. The zero-order valence-electron chi connectivity index (χ0n) is 16.1. The topological polar surface area (TPSA) is 41.9 Å². The van der Waals surface area contributed by atoms with E-state index in [-0.39, 0.29) is 11.7 Å². The van der Waals surface area contributed by atoms with Crippen molar-refractivity contribution in [3.8, 4) is 5.75 Å². The number of carbonyl (C=O) groups excluding carboxylic acids is 1. The molecule has 1 aliphatic heterocycles. The van der Waals surface area contributed by atoms with Crippen LogP contribution >= 0.6 is 0 Å². The monoisotopic (exact) mass is 386 g/mol. The van der Waals surface area contributed by atoms with Crippen LogP contribution in [0.3, 0.4) is 0 Å². The van der Waals surface area contributed by atoms with Crippen molar-refractivity contribution in [3.05, 3.63) is 101 Å². The third-order valence-electron chi connectivity index (χ3n) is 4.64. The second kappa shape index (κ2) is 7.72. The van der Waals surface area contributed by atoms with E-state index in [9.17, 15) is 9.18 Å². The quantitative estimate of drug-likeness (QED) is 0.594. The molecular weight excluding hydrogens is 367 g/mol. The molecule has 0 N–H and O–H groups in total. The van der Waals surface area contributed by atoms with Crippen molar-refractivity contribution in [1.82, 2.24) is 0 Å². The number of carbonyl (C=O) groups is 1. The summed E-state index contributed by atoms with van der Waals surface area (Å²) in [7, 11) is 1.60. The number of aliphatic imine (C=N–C) groups is 1. The number of rotatable bonds is 4. The molecule has 3 aromatic carbocycles. The largest absolute Gasteiger partial charge is 0.497 e. The highest BCUT2D eigenvalue weighted by Gasteiger charge is 2.32. The van der Waals surface area contributed by atoms with Gasteiger partial charge >= 0.3 is 0 Å². The summed E-state index contributed by atoms with van der Waals surface area (Å²) in [6, 6.07) is 21.1. The van der Waals surface area contributed by atoms with E-state index in [2.05, 4.69) is 4.99 Å². The van der Waals surface area contributed by atoms with Gasteiger partial charge in [-0.2, -0.15) is 0 Å². The third kappa shape index (κ3) is 3.80. The first-order chi connectivity index (χ1) is 14.0. The number of methoxy groups -OCH3 is 1. The summed E-state index contributed by atoms with van der Waals surface area (Å²) in [4.78, 5) is 19.5. The fourth-order valence-corrected chi connectivity index (χ4v) is 3.18. The van der Waals surface area contributed by atoms with E-state index in [0.29, 0.717) is 28.5 Å². The molecule has 3 aromatic rings. The summed E-state index contributed by atoms with van der Waals surface area (Å²) in [5.74, 6) is 0.693. The van der Waals surface area contributed by atoms with Gasteiger partial charge in [-0.05, 0) is 61.0 Å². The number of amidine groups is 1. The number of aryl methyl sites for hydroxylation is 1. The lowest BCUT2D eigenvalue weighted by atomic mass is 10.1. The molecule has 0 saturated heterocycles. The van der Waals surface area contributed by atoms with Gasteiger partial charge in [0.05, 0.1) is 12.8 Å². The predicted molar refractivity (Wildman–Crippen MR) is 113 cm³/mol. The summed E-state index contributed by atoms with van der Waals surface area (Å²) in [6.07, 6.45) is 1.67. The molecule has 4 rings (SSSR count). The van der Waals surface area contributed by atoms with Crippen LogP contribution in [0, 0.1) is 12.7 Å². The van der Waals surface area contributed by atoms with Crippen LogP contribution in [-0.4, -0.2) is 18.9 Å². The van der Waals surface area contributed by atoms with Crippen molar-refractivity contribution < 1.29 is 13.9 Å². The van der Waals surface area contributed by atoms with Gasteiger partial charge < -0.3 is 4.74 Å². The molecule has 1 amide bonds. The minimum absolute atomic E-state index is 0.240. The first-order valence-electron chi connectivity index (χ1n) is 9.16. The fourth-order valence-electron chi connectivity index (χ4n) is 3.18. The maximum atomic E-state index is 13.2. The third-order valence-corrected chi connectivity index (χ3v) is 4.64. The Morgan fingerprint density at radius 1 is 1.00 bits per heavy atom. The van der Waals surface area contributed by atoms with E-state index >= 15 is 0 Å². The van der Waals surface area contributed by atoms with Gasteiger partial charge in [-0.15, -0.1) is 0 Å². The number of ether oxygens (including phenoxy) is 1. The molecular formula is C24H19FN2O2. The van der Waals surface area contributed by atoms with E-state index in [4.69, 9.17) is 4.74 Å². The van der Waals surface area contributed by atoms with Gasteiger partial charge in [-0.3, -0.25) is 9.69 Å². The smallest absolute Gasteiger partial charge is 0.282 e. The molecule has 0 spiro atoms. The second-order valence-corrected chi connectivity index (χ2v) is 6.72. The molecule has 5 heteroatoms. The molecule has 0 fully saturated rings. The number of nitrogens with zero attached hydrogens (tertiary/aromatic N) is 2. The highest BCUT2D eigenvalue weighted by molar-refractivity contribution is 6.33. The minimum Gasteiger partial charge on any atom is -0.497 e. The van der Waals surface area contributed by atoms with Gasteiger partial charge in [0.1, 0.15) is 23.1 Å². The Balaban J connectivity index is 1.80. The van der Waals surface area contributed by atoms with Crippen LogP contribution in [0.25, 0.3) is 6.08 Å². The molecule has 0 atom stereocenters. The Morgan fingerprint density at radius 2 is 1.72 bits per heavy atom. The van der Waals surface area contributed by atoms with Crippen LogP contribution in [-0.2, 0) is 4.79 Å². The highest BCUT2D eigenvalue weighted by atomic mass is 19.1. The number of benzene rings is 3. The zero-order valence-corrected chi connectivity index (χ0v) is 16.1. The molecule has 1 heterocycles. The van der Waals surface area contributed by atoms with Crippen LogP contribution in [0.2, 0.25) is 0 Å². The number of hydrogen-bond donors (Lipinski definition) is 0. The van der Waals surface area contributed by atoms with Crippen LogP contribution < -0.4 is 9.64 Å². The molecule has 0 saturated carbocycles. The van der Waals surface area contributed by atoms with Gasteiger partial charge in [0.25, 0.3) is 5.91 Å². The minimum atomic E-state index is -0.325. The predicted octanol–water partition coefficient (Wildman–Crippen LogP) is 4.98. The zero-order chi connectivity index (χ0) is 20.4. The van der Waals surface area contributed by atoms with Crippen LogP contribution in [0.1, 0.15) is 16.7 Å². The summed E-state index contributed by atoms with van der Waals surface area (Å²) in [5.41, 5.74) is 3.61. The first kappa shape index (κ1) is 18.6. The first-order valence-corrected chi connectivity index (χ1v) is 9.16. The Hall–Kier alpha value is -3.73. The Kier molecular flexibility index (Phi) is 4.96. The number of halogens is 1. The Morgan fingerprint density at radius 3 is 2.38 bits per heavy atom. The summed E-state index contributed by atoms with van der Waals surface area (Å²) in [5, 5.41) is 0. The summed E-state index contributed by atoms with van der Waals surface area (Å²) in [6.45, 7) is 1.99. The van der Waals surface area contributed by atoms with Crippen molar-refractivity contribution in [2.75, 3.05) is 12.0 Å². The molecule has 29 heavy (non-hydrogen) atoms. The SMILES string of the molecule is COc1ccc(N2C(=O)/C(=C\c3ccc(F)cc3)N=C2c2cccc(C)c2)cc1. The second-order valence-electron chi connectivity index (χ2n) is 6.72. The molecule has 0 unspecified atom stereocenters. The fraction of sp³-hybridized carbons (Fsp3) is 0.0833. The molecule has 0 aromatic heterocycles. The number of hydrogen-bond acceptors (Lipinski definition) is 3. The lowest BCUT2D eigenvalue weighted by molar-refractivity contribution is -0.113. The van der Waals surface area contributed by atoms with Gasteiger partial charge in [-0.1, -0.05) is 35.9 Å². The summed E-state index contributed by atoms with van der Waals surface area (Å²) >= 11 is 0. The normalized spacial score (nSPS) is 15.0. The molecule has 144 valence electrons. The van der Waals surface area contributed by atoms with Gasteiger partial charge in [0.2, 0.25) is 0 Å². The molecule has 1 aliphatic rings. The van der Waals surface area contributed by atoms with Crippen LogP contribution in [0.4, 0.5) is 10.1 Å². The van der Waals surface area contributed by atoms with Crippen molar-refractivity contribution in [2.45, 2.75) is 6.92 Å². The van der Waals surface area contributed by atoms with Gasteiger partial charge in [-0.25, -0.2) is 9.38 Å². The van der Waals surface area contributed by atoms with E-state index in [1.807, 2.05) is 43.3 Å². The average Bonchev–Trinajstić information content (AvgIpc) is 3.06. The molecule has 0 bridgehead atoms. The molecule has 4 nitrogen and oxygen atoms in total. The number of amides is 1. The van der Waals surface area contributed by atoms with Crippen molar-refractivity contribution in [2.24, 2.45) is 4.99 Å². The van der Waals surface area contributed by atoms with E-state index in [1.54, 1.807) is 42.4 Å². The van der Waals surface area contributed by atoms with E-state index in [0.717, 1.165) is 11.1 Å². The van der Waals surface area contributed by atoms with E-state index in [1.165, 1.54) is 12.1 Å². The summed E-state index contributed by atoms with van der Waals surface area (Å²) < 4.78 is 18.4. The van der Waals surface area contributed by atoms with Crippen LogP contribution in [0.15, 0.2) is 83.5 Å². The lowest BCUT2D eigenvalue weighted by Crippen LogP contribution is -2.32. The Bertz CT molecular complexity index is 1120. The average molecular weight is 386 g/mol. The number of anilines is 1. The van der Waals surface area contributed by atoms with Crippen molar-refractivity contribution in [1.29, 1.82) is 0 Å². The van der Waals surface area contributed by atoms with Crippen molar-refractivity contribution >= 4 is 23.5 Å². The van der Waals surface area contributed by atoms with Gasteiger partial charge in [0.15, 0.2) is 0 Å². The van der Waals surface area contributed by atoms with Gasteiger partial charge in [0, 0.05) is 5.56 Å².